The minimum absolute atomic E-state index is 0.0314. The molecule has 2 N–H and O–H groups in total. The number of hydrogen-bond acceptors (Lipinski definition) is 6. The van der Waals surface area contributed by atoms with Gasteiger partial charge >= 0.3 is 0 Å². The standard InChI is InChI=1S/C27H31N5O2/c1-29-15-20-6-8-21(9-7-20)23(28)14-26(33)25-17-30-16-24(31-25)22-10-11-27(34)32(18-22)13-12-19-4-2-3-5-19/h6-11,16-19,28-29H,2-5,12-15H2,1H3. The van der Waals surface area contributed by atoms with Crippen molar-refractivity contribution < 1.29 is 4.79 Å². The second kappa shape index (κ2) is 11.1. The molecule has 0 saturated heterocycles. The van der Waals surface area contributed by atoms with Crippen molar-refractivity contribution in [3.8, 4) is 11.3 Å². The number of nitrogens with zero attached hydrogens (tertiary/aromatic N) is 3. The maximum absolute atomic E-state index is 12.8. The Labute approximate surface area is 199 Å². The Morgan fingerprint density at radius 1 is 1.12 bits per heavy atom. The van der Waals surface area contributed by atoms with Gasteiger partial charge in [0.25, 0.3) is 5.56 Å². The Balaban J connectivity index is 1.45. The third-order valence-corrected chi connectivity index (χ3v) is 6.47. The van der Waals surface area contributed by atoms with Crippen molar-refractivity contribution in [2.75, 3.05) is 7.05 Å². The molecule has 0 bridgehead atoms. The average molecular weight is 458 g/mol. The van der Waals surface area contributed by atoms with Gasteiger partial charge in [-0.05, 0) is 36.6 Å². The molecule has 0 spiro atoms. The fourth-order valence-corrected chi connectivity index (χ4v) is 4.50. The molecule has 0 unspecified atom stereocenters. The number of ketones is 1. The fourth-order valence-electron chi connectivity index (χ4n) is 4.50. The summed E-state index contributed by atoms with van der Waals surface area (Å²) in [5.41, 5.74) is 3.56. The van der Waals surface area contributed by atoms with Crippen LogP contribution in [-0.4, -0.2) is 33.1 Å². The zero-order chi connectivity index (χ0) is 23.9. The van der Waals surface area contributed by atoms with Gasteiger partial charge in [-0.1, -0.05) is 49.9 Å². The molecule has 7 nitrogen and oxygen atoms in total. The van der Waals surface area contributed by atoms with Crippen LogP contribution in [0.5, 0.6) is 0 Å². The first-order valence-corrected chi connectivity index (χ1v) is 11.9. The van der Waals surface area contributed by atoms with Gasteiger partial charge in [-0.15, -0.1) is 0 Å². The Morgan fingerprint density at radius 2 is 1.88 bits per heavy atom. The highest BCUT2D eigenvalue weighted by Crippen LogP contribution is 2.28. The topological polar surface area (TPSA) is 101 Å². The monoisotopic (exact) mass is 457 g/mol. The normalized spacial score (nSPS) is 13.8. The van der Waals surface area contributed by atoms with E-state index in [1.54, 1.807) is 22.9 Å². The minimum Gasteiger partial charge on any atom is -0.316 e. The first-order valence-electron chi connectivity index (χ1n) is 11.9. The molecule has 34 heavy (non-hydrogen) atoms. The largest absolute Gasteiger partial charge is 0.316 e. The second-order valence-electron chi connectivity index (χ2n) is 8.98. The predicted molar refractivity (Wildman–Crippen MR) is 133 cm³/mol. The third-order valence-electron chi connectivity index (χ3n) is 6.47. The molecule has 1 aliphatic carbocycles. The highest BCUT2D eigenvalue weighted by molar-refractivity contribution is 6.14. The molecule has 4 rings (SSSR count). The van der Waals surface area contributed by atoms with E-state index in [0.29, 0.717) is 23.7 Å². The zero-order valence-corrected chi connectivity index (χ0v) is 19.6. The lowest BCUT2D eigenvalue weighted by Crippen LogP contribution is -2.20. The van der Waals surface area contributed by atoms with Crippen molar-refractivity contribution in [1.29, 1.82) is 5.41 Å². The summed E-state index contributed by atoms with van der Waals surface area (Å²) in [4.78, 5) is 33.9. The van der Waals surface area contributed by atoms with E-state index in [0.717, 1.165) is 24.1 Å². The Kier molecular flexibility index (Phi) is 7.75. The third kappa shape index (κ3) is 5.91. The summed E-state index contributed by atoms with van der Waals surface area (Å²) in [6.45, 7) is 1.44. The second-order valence-corrected chi connectivity index (χ2v) is 8.98. The summed E-state index contributed by atoms with van der Waals surface area (Å²) in [7, 11) is 1.88. The van der Waals surface area contributed by atoms with E-state index in [-0.39, 0.29) is 29.2 Å². The number of pyridine rings is 1. The van der Waals surface area contributed by atoms with Crippen molar-refractivity contribution in [1.82, 2.24) is 19.9 Å². The average Bonchev–Trinajstić information content (AvgIpc) is 3.38. The van der Waals surface area contributed by atoms with Crippen LogP contribution in [0.15, 0.2) is 59.8 Å². The predicted octanol–water partition coefficient (Wildman–Crippen LogP) is 4.25. The molecular formula is C27H31N5O2. The van der Waals surface area contributed by atoms with Crippen LogP contribution in [0.2, 0.25) is 0 Å². The van der Waals surface area contributed by atoms with E-state index in [9.17, 15) is 9.59 Å². The highest BCUT2D eigenvalue weighted by Gasteiger charge is 2.16. The minimum atomic E-state index is -0.256. The molecule has 2 aromatic heterocycles. The van der Waals surface area contributed by atoms with E-state index in [1.807, 2.05) is 37.5 Å². The molecule has 0 amide bonds. The van der Waals surface area contributed by atoms with Crippen LogP contribution in [0.1, 0.15) is 60.1 Å². The summed E-state index contributed by atoms with van der Waals surface area (Å²) in [5.74, 6) is 0.444. The van der Waals surface area contributed by atoms with Gasteiger partial charge in [-0.2, -0.15) is 0 Å². The summed E-state index contributed by atoms with van der Waals surface area (Å²) in [6.07, 6.45) is 10.9. The number of benzene rings is 1. The SMILES string of the molecule is CNCc1ccc(C(=N)CC(=O)c2cncc(-c3ccc(=O)n(CCC4CCCC4)c3)n2)cc1. The van der Waals surface area contributed by atoms with E-state index in [4.69, 9.17) is 5.41 Å². The molecule has 2 heterocycles. The number of aromatic nitrogens is 3. The van der Waals surface area contributed by atoms with Crippen LogP contribution < -0.4 is 10.9 Å². The van der Waals surface area contributed by atoms with Crippen molar-refractivity contribution in [2.45, 2.75) is 51.6 Å². The number of aryl methyl sites for hydroxylation is 1. The van der Waals surface area contributed by atoms with Crippen LogP contribution in [0.3, 0.4) is 0 Å². The van der Waals surface area contributed by atoms with Gasteiger partial charge in [0.15, 0.2) is 5.78 Å². The number of rotatable bonds is 10. The maximum atomic E-state index is 12.8. The summed E-state index contributed by atoms with van der Waals surface area (Å²) in [6, 6.07) is 10.9. The molecule has 1 saturated carbocycles. The lowest BCUT2D eigenvalue weighted by Gasteiger charge is -2.12. The van der Waals surface area contributed by atoms with E-state index in [2.05, 4.69) is 15.3 Å². The van der Waals surface area contributed by atoms with Crippen molar-refractivity contribution in [3.05, 3.63) is 82.2 Å². The van der Waals surface area contributed by atoms with E-state index in [1.165, 1.54) is 31.9 Å². The summed E-state index contributed by atoms with van der Waals surface area (Å²) < 4.78 is 1.73. The maximum Gasteiger partial charge on any atom is 0.250 e. The lowest BCUT2D eigenvalue weighted by atomic mass is 10.0. The lowest BCUT2D eigenvalue weighted by molar-refractivity contribution is 0.0995. The molecule has 7 heteroatoms. The molecule has 1 fully saturated rings. The molecule has 0 aliphatic heterocycles. The van der Waals surface area contributed by atoms with Gasteiger partial charge in [-0.3, -0.25) is 14.6 Å². The van der Waals surface area contributed by atoms with Gasteiger partial charge in [0.2, 0.25) is 0 Å². The van der Waals surface area contributed by atoms with E-state index >= 15 is 0 Å². The summed E-state index contributed by atoms with van der Waals surface area (Å²) >= 11 is 0. The fraction of sp³-hybridized carbons (Fsp3) is 0.370. The smallest absolute Gasteiger partial charge is 0.250 e. The van der Waals surface area contributed by atoms with Gasteiger partial charge in [-0.25, -0.2) is 4.98 Å². The van der Waals surface area contributed by atoms with E-state index < -0.39 is 0 Å². The molecular weight excluding hydrogens is 426 g/mol. The molecule has 0 radical (unpaired) electrons. The van der Waals surface area contributed by atoms with Crippen LogP contribution in [0.25, 0.3) is 11.3 Å². The van der Waals surface area contributed by atoms with Crippen LogP contribution in [0, 0.1) is 11.3 Å². The first kappa shape index (κ1) is 23.7. The van der Waals surface area contributed by atoms with Gasteiger partial charge in [0.1, 0.15) is 5.69 Å². The molecule has 1 aromatic carbocycles. The number of hydrogen-bond donors (Lipinski definition) is 2. The van der Waals surface area contributed by atoms with Gasteiger partial charge in [0.05, 0.1) is 24.5 Å². The van der Waals surface area contributed by atoms with Gasteiger partial charge in [0, 0.05) is 36.6 Å². The number of carbonyl (C=O) groups is 1. The number of nitrogens with one attached hydrogen (secondary N) is 2. The number of Topliss-reactive ketones (excluding diaryl/α,β-unsaturated/α-hetero) is 1. The van der Waals surface area contributed by atoms with Crippen LogP contribution in [-0.2, 0) is 13.1 Å². The van der Waals surface area contributed by atoms with Crippen molar-refractivity contribution in [3.63, 3.8) is 0 Å². The van der Waals surface area contributed by atoms with Crippen molar-refractivity contribution >= 4 is 11.5 Å². The number of carbonyl (C=O) groups excluding carboxylic acids is 1. The quantitative estimate of drug-likeness (QED) is 0.350. The first-order chi connectivity index (χ1) is 16.5. The van der Waals surface area contributed by atoms with Crippen LogP contribution >= 0.6 is 0 Å². The van der Waals surface area contributed by atoms with Crippen LogP contribution in [0.4, 0.5) is 0 Å². The molecule has 176 valence electrons. The highest BCUT2D eigenvalue weighted by atomic mass is 16.1. The van der Waals surface area contributed by atoms with Gasteiger partial charge < -0.3 is 15.3 Å². The molecule has 1 aliphatic rings. The molecule has 0 atom stereocenters. The summed E-state index contributed by atoms with van der Waals surface area (Å²) in [5, 5.41) is 11.4. The zero-order valence-electron chi connectivity index (χ0n) is 19.6. The Hall–Kier alpha value is -3.45. The Bertz CT molecular complexity index is 1210. The van der Waals surface area contributed by atoms with Crippen molar-refractivity contribution in [2.24, 2.45) is 5.92 Å². The molecule has 3 aromatic rings. The Morgan fingerprint density at radius 3 is 2.62 bits per heavy atom.